The summed E-state index contributed by atoms with van der Waals surface area (Å²) in [6.45, 7) is 0.202. The van der Waals surface area contributed by atoms with Gasteiger partial charge in [-0.1, -0.05) is 6.07 Å². The summed E-state index contributed by atoms with van der Waals surface area (Å²) in [6.07, 6.45) is -0.866. The Bertz CT molecular complexity index is 678. The van der Waals surface area contributed by atoms with E-state index in [1.54, 1.807) is 18.3 Å². The molecule has 2 aliphatic rings. The third-order valence-electron chi connectivity index (χ3n) is 3.96. The van der Waals surface area contributed by atoms with E-state index in [4.69, 9.17) is 18.7 Å². The van der Waals surface area contributed by atoms with Gasteiger partial charge in [-0.3, -0.25) is 18.4 Å². The fraction of sp³-hybridized carbons (Fsp3) is 0.615. The second-order valence-electron chi connectivity index (χ2n) is 5.41. The molecule has 5 atom stereocenters. The second kappa shape index (κ2) is 6.10. The van der Waals surface area contributed by atoms with E-state index in [0.717, 1.165) is 7.11 Å². The van der Waals surface area contributed by atoms with Crippen molar-refractivity contribution in [1.29, 1.82) is 0 Å². The highest BCUT2D eigenvalue weighted by atomic mass is 31.2. The number of ether oxygens (including phenoxy) is 3. The Balaban J connectivity index is 1.95. The van der Waals surface area contributed by atoms with Crippen molar-refractivity contribution in [2.75, 3.05) is 27.4 Å². The van der Waals surface area contributed by atoms with Crippen LogP contribution < -0.4 is 5.56 Å². The topological polar surface area (TPSA) is 105 Å². The van der Waals surface area contributed by atoms with Gasteiger partial charge < -0.3 is 19.1 Å². The molecule has 4 unspecified atom stereocenters. The van der Waals surface area contributed by atoms with E-state index in [0.29, 0.717) is 0 Å². The number of phosphoric acid groups is 1. The number of phosphoric ester groups is 1. The first-order valence-corrected chi connectivity index (χ1v) is 8.44. The molecule has 0 spiro atoms. The fourth-order valence-electron chi connectivity index (χ4n) is 2.96. The maximum absolute atomic E-state index is 12.0. The Morgan fingerprint density at radius 3 is 2.91 bits per heavy atom. The summed E-state index contributed by atoms with van der Waals surface area (Å²) in [7, 11) is -1.71. The first kappa shape index (κ1) is 16.8. The van der Waals surface area contributed by atoms with E-state index in [-0.39, 0.29) is 18.8 Å². The number of hydrogen-bond donors (Lipinski definition) is 1. The van der Waals surface area contributed by atoms with E-state index < -0.39 is 31.9 Å². The van der Waals surface area contributed by atoms with Crippen LogP contribution in [0.15, 0.2) is 29.2 Å². The molecule has 9 nitrogen and oxygen atoms in total. The Hall–Kier alpha value is -1.06. The van der Waals surface area contributed by atoms with Crippen molar-refractivity contribution in [2.45, 2.75) is 24.0 Å². The summed E-state index contributed by atoms with van der Waals surface area (Å²) in [5.74, 6) is 0. The van der Waals surface area contributed by atoms with E-state index >= 15 is 0 Å². The van der Waals surface area contributed by atoms with Gasteiger partial charge in [-0.2, -0.15) is 0 Å². The van der Waals surface area contributed by atoms with Crippen molar-refractivity contribution in [3.63, 3.8) is 0 Å². The number of aromatic nitrogens is 1. The quantitative estimate of drug-likeness (QED) is 0.732. The summed E-state index contributed by atoms with van der Waals surface area (Å²) < 4.78 is 39.6. The summed E-state index contributed by atoms with van der Waals surface area (Å²) >= 11 is 0. The fourth-order valence-corrected chi connectivity index (χ4v) is 3.64. The maximum Gasteiger partial charge on any atom is 0.472 e. The van der Waals surface area contributed by atoms with E-state index in [1.807, 2.05) is 0 Å². The highest BCUT2D eigenvalue weighted by molar-refractivity contribution is 7.47. The van der Waals surface area contributed by atoms with Gasteiger partial charge in [-0.25, -0.2) is 4.57 Å². The normalized spacial score (nSPS) is 35.3. The lowest BCUT2D eigenvalue weighted by molar-refractivity contribution is -0.190. The molecule has 1 aromatic heterocycles. The third kappa shape index (κ3) is 2.89. The van der Waals surface area contributed by atoms with Gasteiger partial charge >= 0.3 is 7.82 Å². The Morgan fingerprint density at radius 2 is 2.26 bits per heavy atom. The van der Waals surface area contributed by atoms with Crippen LogP contribution in [0.5, 0.6) is 0 Å². The molecular formula is C13H18NO8P. The van der Waals surface area contributed by atoms with Crippen molar-refractivity contribution in [3.8, 4) is 0 Å². The van der Waals surface area contributed by atoms with Crippen molar-refractivity contribution in [2.24, 2.45) is 0 Å². The SMILES string of the molecule is COCC12CO[C@H](C(n3ccccc3=O)O1)C2OP(=O)(O)OC. The molecule has 0 saturated carbocycles. The highest BCUT2D eigenvalue weighted by Crippen LogP contribution is 2.54. The van der Waals surface area contributed by atoms with Gasteiger partial charge in [0.25, 0.3) is 5.56 Å². The summed E-state index contributed by atoms with van der Waals surface area (Å²) in [5.41, 5.74) is -1.37. The first-order chi connectivity index (χ1) is 10.9. The first-order valence-electron chi connectivity index (χ1n) is 6.95. The molecule has 2 saturated heterocycles. The van der Waals surface area contributed by atoms with Gasteiger partial charge in [-0.05, 0) is 6.07 Å². The lowest BCUT2D eigenvalue weighted by Gasteiger charge is -2.31. The van der Waals surface area contributed by atoms with Gasteiger partial charge in [0.1, 0.15) is 17.8 Å². The number of hydrogen-bond acceptors (Lipinski definition) is 7. The van der Waals surface area contributed by atoms with Gasteiger partial charge in [0.05, 0.1) is 13.2 Å². The predicted octanol–water partition coefficient (Wildman–Crippen LogP) is 0.293. The third-order valence-corrected chi connectivity index (χ3v) is 4.92. The maximum atomic E-state index is 12.0. The molecule has 3 rings (SSSR count). The number of fused-ring (bicyclic) bond motifs is 2. The summed E-state index contributed by atoms with van der Waals surface area (Å²) in [6, 6.07) is 4.68. The van der Waals surface area contributed by atoms with Crippen LogP contribution in [-0.2, 0) is 27.8 Å². The zero-order valence-corrected chi connectivity index (χ0v) is 13.5. The van der Waals surface area contributed by atoms with Gasteiger partial charge in [0, 0.05) is 26.5 Å². The molecule has 10 heteroatoms. The predicted molar refractivity (Wildman–Crippen MR) is 76.9 cm³/mol. The number of rotatable bonds is 6. The molecule has 0 radical (unpaired) electrons. The smallest absolute Gasteiger partial charge is 0.381 e. The van der Waals surface area contributed by atoms with Crippen LogP contribution in [0.2, 0.25) is 0 Å². The molecule has 3 heterocycles. The molecule has 1 N–H and O–H groups in total. The van der Waals surface area contributed by atoms with Crippen molar-refractivity contribution >= 4 is 7.82 Å². The van der Waals surface area contributed by atoms with Crippen molar-refractivity contribution < 1.29 is 32.7 Å². The Morgan fingerprint density at radius 1 is 1.48 bits per heavy atom. The second-order valence-corrected chi connectivity index (χ2v) is 6.92. The van der Waals surface area contributed by atoms with Gasteiger partial charge in [0.2, 0.25) is 0 Å². The molecule has 23 heavy (non-hydrogen) atoms. The van der Waals surface area contributed by atoms with E-state index in [2.05, 4.69) is 4.52 Å². The monoisotopic (exact) mass is 347 g/mol. The van der Waals surface area contributed by atoms with E-state index in [1.165, 1.54) is 17.7 Å². The van der Waals surface area contributed by atoms with Crippen LogP contribution in [0.3, 0.4) is 0 Å². The lowest BCUT2D eigenvalue weighted by Crippen LogP contribution is -2.45. The molecule has 0 amide bonds. The Kier molecular flexibility index (Phi) is 4.45. The Labute approximate surface area is 132 Å². The zero-order valence-electron chi connectivity index (χ0n) is 12.7. The highest BCUT2D eigenvalue weighted by Gasteiger charge is 2.64. The minimum absolute atomic E-state index is 0.0793. The van der Waals surface area contributed by atoms with Crippen LogP contribution in [-0.4, -0.2) is 54.7 Å². The average Bonchev–Trinajstić information content (AvgIpc) is 2.99. The molecule has 2 bridgehead atoms. The average molecular weight is 347 g/mol. The molecule has 2 fully saturated rings. The van der Waals surface area contributed by atoms with Crippen LogP contribution in [0.25, 0.3) is 0 Å². The van der Waals surface area contributed by atoms with Crippen molar-refractivity contribution in [1.82, 2.24) is 4.57 Å². The standard InChI is InChI=1S/C13H18NO8P/c1-18-7-13-8-20-10(11(13)22-23(16,17)19-2)12(21-13)14-6-4-3-5-9(14)15/h3-6,10-12H,7-8H2,1-2H3,(H,16,17)/t10-,11?,12?,13?/m0/s1. The number of pyridine rings is 1. The van der Waals surface area contributed by atoms with Gasteiger partial charge in [0.15, 0.2) is 6.23 Å². The molecule has 1 aromatic rings. The molecule has 128 valence electrons. The molecule has 0 aromatic carbocycles. The van der Waals surface area contributed by atoms with Crippen molar-refractivity contribution in [3.05, 3.63) is 34.7 Å². The van der Waals surface area contributed by atoms with Crippen LogP contribution in [0.1, 0.15) is 6.23 Å². The van der Waals surface area contributed by atoms with Crippen LogP contribution in [0, 0.1) is 0 Å². The minimum Gasteiger partial charge on any atom is -0.381 e. The zero-order chi connectivity index (χ0) is 16.7. The minimum atomic E-state index is -4.26. The molecule has 0 aliphatic carbocycles. The van der Waals surface area contributed by atoms with E-state index in [9.17, 15) is 14.3 Å². The lowest BCUT2D eigenvalue weighted by atomic mass is 10.0. The van der Waals surface area contributed by atoms with Gasteiger partial charge in [-0.15, -0.1) is 0 Å². The largest absolute Gasteiger partial charge is 0.472 e. The van der Waals surface area contributed by atoms with Crippen LogP contribution in [0.4, 0.5) is 0 Å². The van der Waals surface area contributed by atoms with Crippen LogP contribution >= 0.6 is 7.82 Å². The molecule has 2 aliphatic heterocycles. The number of nitrogens with zero attached hydrogens (tertiary/aromatic N) is 1. The summed E-state index contributed by atoms with van der Waals surface area (Å²) in [5, 5.41) is 0. The molecular weight excluding hydrogens is 329 g/mol. The summed E-state index contributed by atoms with van der Waals surface area (Å²) in [4.78, 5) is 21.7. The number of methoxy groups -OCH3 is 1.